The molecule has 0 N–H and O–H groups in total. The Morgan fingerprint density at radius 1 is 1.00 bits per heavy atom. The van der Waals surface area contributed by atoms with Crippen molar-refractivity contribution in [2.24, 2.45) is 0 Å². The van der Waals surface area contributed by atoms with Crippen LogP contribution in [0, 0.1) is 0 Å². The highest BCUT2D eigenvalue weighted by molar-refractivity contribution is 5.29. The second-order valence-corrected chi connectivity index (χ2v) is 7.62. The van der Waals surface area contributed by atoms with Gasteiger partial charge in [0.15, 0.2) is 0 Å². The van der Waals surface area contributed by atoms with Crippen LogP contribution in [0.4, 0.5) is 0 Å². The molecule has 0 saturated carbocycles. The third-order valence-electron chi connectivity index (χ3n) is 5.69. The highest BCUT2D eigenvalue weighted by atomic mass is 15.3. The summed E-state index contributed by atoms with van der Waals surface area (Å²) in [5.74, 6) is 0. The fourth-order valence-electron chi connectivity index (χ4n) is 4.03. The molecule has 2 heterocycles. The van der Waals surface area contributed by atoms with E-state index in [2.05, 4.69) is 59.7 Å². The van der Waals surface area contributed by atoms with Crippen molar-refractivity contribution in [2.45, 2.75) is 52.2 Å². The van der Waals surface area contributed by atoms with Gasteiger partial charge in [-0.1, -0.05) is 24.3 Å². The van der Waals surface area contributed by atoms with Crippen LogP contribution < -0.4 is 0 Å². The molecule has 0 bridgehead atoms. The molecule has 128 valence electrons. The van der Waals surface area contributed by atoms with Gasteiger partial charge >= 0.3 is 0 Å². The molecular weight excluding hydrogens is 282 g/mol. The van der Waals surface area contributed by atoms with E-state index in [1.165, 1.54) is 57.7 Å². The summed E-state index contributed by atoms with van der Waals surface area (Å²) >= 11 is 0. The molecule has 1 aromatic rings. The fraction of sp³-hybridized carbons (Fsp3) is 0.700. The molecule has 3 nitrogen and oxygen atoms in total. The Hall–Kier alpha value is -0.900. The topological polar surface area (TPSA) is 9.72 Å². The van der Waals surface area contributed by atoms with E-state index in [1.54, 1.807) is 5.56 Å². The molecule has 2 aliphatic heterocycles. The fourth-order valence-corrected chi connectivity index (χ4v) is 4.03. The quantitative estimate of drug-likeness (QED) is 0.827. The maximum atomic E-state index is 2.67. The van der Waals surface area contributed by atoms with Crippen molar-refractivity contribution >= 4 is 0 Å². The summed E-state index contributed by atoms with van der Waals surface area (Å²) < 4.78 is 0. The van der Waals surface area contributed by atoms with Gasteiger partial charge in [0.2, 0.25) is 0 Å². The molecule has 3 rings (SSSR count). The molecule has 1 atom stereocenters. The summed E-state index contributed by atoms with van der Waals surface area (Å²) in [4.78, 5) is 7.92. The van der Waals surface area contributed by atoms with Gasteiger partial charge in [-0.25, -0.2) is 0 Å². The minimum absolute atomic E-state index is 0.683. The van der Waals surface area contributed by atoms with E-state index in [1.807, 2.05) is 0 Å². The lowest BCUT2D eigenvalue weighted by Gasteiger charge is -2.38. The van der Waals surface area contributed by atoms with Crippen LogP contribution in [-0.4, -0.2) is 66.1 Å². The summed E-state index contributed by atoms with van der Waals surface area (Å²) in [6.45, 7) is 15.6. The molecule has 0 aromatic heterocycles. The standard InChI is InChI=1S/C20H33N3/c1-17(2)22-13-11-21(12-14-22)9-6-10-23-16-20-8-5-4-7-19(20)15-18(23)3/h4-5,7-8,17-18H,6,9-16H2,1-3H3. The lowest BCUT2D eigenvalue weighted by molar-refractivity contribution is 0.101. The van der Waals surface area contributed by atoms with Gasteiger partial charge in [-0.2, -0.15) is 0 Å². The number of piperazine rings is 1. The first-order chi connectivity index (χ1) is 11.1. The normalized spacial score (nSPS) is 24.1. The van der Waals surface area contributed by atoms with E-state index in [4.69, 9.17) is 0 Å². The van der Waals surface area contributed by atoms with Crippen LogP contribution in [0.3, 0.4) is 0 Å². The van der Waals surface area contributed by atoms with Gasteiger partial charge < -0.3 is 4.90 Å². The van der Waals surface area contributed by atoms with Gasteiger partial charge in [0.05, 0.1) is 0 Å². The Kier molecular flexibility index (Phi) is 5.73. The maximum Gasteiger partial charge on any atom is 0.0239 e. The minimum atomic E-state index is 0.683. The molecule has 0 aliphatic carbocycles. The van der Waals surface area contributed by atoms with Crippen LogP contribution >= 0.6 is 0 Å². The number of hydrogen-bond acceptors (Lipinski definition) is 3. The number of hydrogen-bond donors (Lipinski definition) is 0. The third kappa shape index (κ3) is 4.34. The minimum Gasteiger partial charge on any atom is -0.301 e. The third-order valence-corrected chi connectivity index (χ3v) is 5.69. The van der Waals surface area contributed by atoms with Gasteiger partial charge in [-0.15, -0.1) is 0 Å². The van der Waals surface area contributed by atoms with Crippen LogP contribution in [0.2, 0.25) is 0 Å². The molecule has 0 amide bonds. The van der Waals surface area contributed by atoms with Gasteiger partial charge in [-0.3, -0.25) is 9.80 Å². The predicted molar refractivity (Wildman–Crippen MR) is 97.8 cm³/mol. The predicted octanol–water partition coefficient (Wildman–Crippen LogP) is 2.85. The number of rotatable bonds is 5. The molecule has 0 radical (unpaired) electrons. The molecule has 2 aliphatic rings. The van der Waals surface area contributed by atoms with Crippen LogP contribution in [0.5, 0.6) is 0 Å². The van der Waals surface area contributed by atoms with Crippen LogP contribution in [0.25, 0.3) is 0 Å². The smallest absolute Gasteiger partial charge is 0.0239 e. The van der Waals surface area contributed by atoms with Crippen molar-refractivity contribution < 1.29 is 0 Å². The number of benzene rings is 1. The molecule has 1 fully saturated rings. The van der Waals surface area contributed by atoms with Crippen molar-refractivity contribution in [1.29, 1.82) is 0 Å². The SMILES string of the molecule is CC(C)N1CCN(CCCN2Cc3ccccc3CC2C)CC1. The lowest BCUT2D eigenvalue weighted by Crippen LogP contribution is -2.49. The summed E-state index contributed by atoms with van der Waals surface area (Å²) in [5.41, 5.74) is 3.09. The maximum absolute atomic E-state index is 2.67. The van der Waals surface area contributed by atoms with Crippen molar-refractivity contribution in [3.8, 4) is 0 Å². The van der Waals surface area contributed by atoms with E-state index in [9.17, 15) is 0 Å². The molecule has 3 heteroatoms. The average molecular weight is 316 g/mol. The summed E-state index contributed by atoms with van der Waals surface area (Å²) in [7, 11) is 0. The number of fused-ring (bicyclic) bond motifs is 1. The largest absolute Gasteiger partial charge is 0.301 e. The van der Waals surface area contributed by atoms with Gasteiger partial charge in [0.1, 0.15) is 0 Å². The van der Waals surface area contributed by atoms with Gasteiger partial charge in [0.25, 0.3) is 0 Å². The average Bonchev–Trinajstić information content (AvgIpc) is 2.56. The van der Waals surface area contributed by atoms with Gasteiger partial charge in [0, 0.05) is 44.8 Å². The summed E-state index contributed by atoms with van der Waals surface area (Å²) in [6.07, 6.45) is 2.51. The van der Waals surface area contributed by atoms with E-state index in [-0.39, 0.29) is 0 Å². The Morgan fingerprint density at radius 2 is 1.70 bits per heavy atom. The second-order valence-electron chi connectivity index (χ2n) is 7.62. The monoisotopic (exact) mass is 315 g/mol. The molecule has 0 spiro atoms. The lowest BCUT2D eigenvalue weighted by atomic mass is 9.95. The van der Waals surface area contributed by atoms with Crippen LogP contribution in [0.15, 0.2) is 24.3 Å². The summed E-state index contributed by atoms with van der Waals surface area (Å²) in [5, 5.41) is 0. The first kappa shape index (κ1) is 16.9. The van der Waals surface area contributed by atoms with Crippen molar-refractivity contribution in [3.05, 3.63) is 35.4 Å². The highest BCUT2D eigenvalue weighted by Gasteiger charge is 2.23. The van der Waals surface area contributed by atoms with Crippen molar-refractivity contribution in [2.75, 3.05) is 39.3 Å². The molecule has 1 aromatic carbocycles. The first-order valence-corrected chi connectivity index (χ1v) is 9.40. The summed E-state index contributed by atoms with van der Waals surface area (Å²) in [6, 6.07) is 10.4. The zero-order valence-electron chi connectivity index (χ0n) is 15.2. The Balaban J connectivity index is 1.41. The van der Waals surface area contributed by atoms with Crippen molar-refractivity contribution in [3.63, 3.8) is 0 Å². The van der Waals surface area contributed by atoms with E-state index in [0.29, 0.717) is 12.1 Å². The first-order valence-electron chi connectivity index (χ1n) is 9.40. The molecule has 1 saturated heterocycles. The zero-order valence-corrected chi connectivity index (χ0v) is 15.2. The van der Waals surface area contributed by atoms with E-state index < -0.39 is 0 Å². The van der Waals surface area contributed by atoms with Crippen LogP contribution in [0.1, 0.15) is 38.3 Å². The Bertz CT molecular complexity index is 491. The second kappa shape index (κ2) is 7.78. The Morgan fingerprint density at radius 3 is 2.39 bits per heavy atom. The molecule has 23 heavy (non-hydrogen) atoms. The van der Waals surface area contributed by atoms with Gasteiger partial charge in [-0.05, 0) is 57.8 Å². The highest BCUT2D eigenvalue weighted by Crippen LogP contribution is 2.23. The molecular formula is C20H33N3. The van der Waals surface area contributed by atoms with E-state index >= 15 is 0 Å². The van der Waals surface area contributed by atoms with Crippen molar-refractivity contribution in [1.82, 2.24) is 14.7 Å². The van der Waals surface area contributed by atoms with Crippen LogP contribution in [-0.2, 0) is 13.0 Å². The number of nitrogens with zero attached hydrogens (tertiary/aromatic N) is 3. The molecule has 1 unspecified atom stereocenters. The zero-order chi connectivity index (χ0) is 16.2. The Labute approximate surface area is 142 Å². The van der Waals surface area contributed by atoms with E-state index in [0.717, 1.165) is 6.54 Å².